The van der Waals surface area contributed by atoms with E-state index in [4.69, 9.17) is 0 Å². The molecule has 104 valence electrons. The van der Waals surface area contributed by atoms with E-state index in [0.29, 0.717) is 13.1 Å². The third-order valence-electron chi connectivity index (χ3n) is 3.16. The second-order valence-corrected chi connectivity index (χ2v) is 4.52. The number of anilines is 1. The zero-order valence-corrected chi connectivity index (χ0v) is 11.6. The summed E-state index contributed by atoms with van der Waals surface area (Å²) in [4.78, 5) is 0. The zero-order valence-electron chi connectivity index (χ0n) is 11.6. The Morgan fingerprint density at radius 1 is 1.37 bits per heavy atom. The van der Waals surface area contributed by atoms with Crippen LogP contribution in [0, 0.1) is 13.8 Å². The second kappa shape index (κ2) is 5.86. The summed E-state index contributed by atoms with van der Waals surface area (Å²) >= 11 is 0. The van der Waals surface area contributed by atoms with E-state index >= 15 is 0 Å². The Bertz CT molecular complexity index is 543. The van der Waals surface area contributed by atoms with Crippen molar-refractivity contribution in [3.8, 4) is 0 Å². The lowest BCUT2D eigenvalue weighted by Crippen LogP contribution is -2.09. The van der Waals surface area contributed by atoms with E-state index < -0.39 is 6.67 Å². The number of aryl methyl sites for hydroxylation is 4. The van der Waals surface area contributed by atoms with Gasteiger partial charge in [-0.05, 0) is 26.3 Å². The van der Waals surface area contributed by atoms with Gasteiger partial charge in [-0.3, -0.25) is 9.36 Å². The summed E-state index contributed by atoms with van der Waals surface area (Å²) in [5.41, 5.74) is 4.16. The molecule has 0 amide bonds. The van der Waals surface area contributed by atoms with Crippen molar-refractivity contribution in [1.29, 1.82) is 0 Å². The molecule has 0 atom stereocenters. The Hall–Kier alpha value is -1.85. The van der Waals surface area contributed by atoms with Crippen LogP contribution in [0.5, 0.6) is 0 Å². The lowest BCUT2D eigenvalue weighted by atomic mass is 10.2. The molecule has 0 fully saturated rings. The molecule has 0 saturated carbocycles. The average molecular weight is 265 g/mol. The predicted molar refractivity (Wildman–Crippen MR) is 72.9 cm³/mol. The summed E-state index contributed by atoms with van der Waals surface area (Å²) in [6.07, 6.45) is 3.72. The molecule has 0 unspecified atom stereocenters. The normalized spacial score (nSPS) is 10.9. The molecule has 0 spiro atoms. The van der Waals surface area contributed by atoms with Crippen molar-refractivity contribution >= 4 is 5.69 Å². The molecule has 0 aliphatic carbocycles. The summed E-state index contributed by atoms with van der Waals surface area (Å²) in [6, 6.07) is 0. The maximum absolute atomic E-state index is 12.3. The van der Waals surface area contributed by atoms with E-state index in [0.717, 1.165) is 17.9 Å². The molecular weight excluding hydrogens is 245 g/mol. The van der Waals surface area contributed by atoms with Crippen LogP contribution >= 0.6 is 0 Å². The highest BCUT2D eigenvalue weighted by molar-refractivity contribution is 5.46. The molecule has 2 aromatic heterocycles. The van der Waals surface area contributed by atoms with Crippen LogP contribution < -0.4 is 5.32 Å². The number of alkyl halides is 1. The molecule has 0 radical (unpaired) electrons. The van der Waals surface area contributed by atoms with Crippen molar-refractivity contribution in [2.24, 2.45) is 0 Å². The van der Waals surface area contributed by atoms with Crippen LogP contribution in [0.15, 0.2) is 12.4 Å². The van der Waals surface area contributed by atoms with Crippen LogP contribution in [0.2, 0.25) is 0 Å². The summed E-state index contributed by atoms with van der Waals surface area (Å²) in [5.74, 6) is 0. The smallest absolute Gasteiger partial charge is 0.109 e. The van der Waals surface area contributed by atoms with Crippen LogP contribution in [-0.4, -0.2) is 26.2 Å². The zero-order chi connectivity index (χ0) is 13.8. The van der Waals surface area contributed by atoms with Gasteiger partial charge in [0.05, 0.1) is 36.4 Å². The maximum atomic E-state index is 12.3. The third kappa shape index (κ3) is 2.94. The van der Waals surface area contributed by atoms with E-state index in [1.54, 1.807) is 4.68 Å². The van der Waals surface area contributed by atoms with E-state index in [2.05, 4.69) is 29.4 Å². The first-order valence-corrected chi connectivity index (χ1v) is 6.50. The van der Waals surface area contributed by atoms with Crippen molar-refractivity contribution in [3.05, 3.63) is 29.3 Å². The first-order valence-electron chi connectivity index (χ1n) is 6.50. The fourth-order valence-corrected chi connectivity index (χ4v) is 2.08. The van der Waals surface area contributed by atoms with Crippen LogP contribution in [-0.2, 0) is 19.6 Å². The Labute approximate surface area is 112 Å². The van der Waals surface area contributed by atoms with Crippen molar-refractivity contribution in [2.75, 3.05) is 12.0 Å². The lowest BCUT2D eigenvalue weighted by molar-refractivity contribution is 0.426. The molecule has 0 saturated heterocycles. The van der Waals surface area contributed by atoms with Crippen LogP contribution in [0.3, 0.4) is 0 Å². The topological polar surface area (TPSA) is 47.7 Å². The Morgan fingerprint density at radius 2 is 2.16 bits per heavy atom. The quantitative estimate of drug-likeness (QED) is 0.871. The van der Waals surface area contributed by atoms with Crippen LogP contribution in [0.1, 0.15) is 23.9 Å². The second-order valence-electron chi connectivity index (χ2n) is 4.52. The molecule has 2 heterocycles. The maximum Gasteiger partial charge on any atom is 0.109 e. The first kappa shape index (κ1) is 13.6. The van der Waals surface area contributed by atoms with Gasteiger partial charge >= 0.3 is 0 Å². The Kier molecular flexibility index (Phi) is 4.19. The standard InChI is InChI=1S/C13H20FN5/c1-4-19-13(10(2)7-16-19)8-15-12-9-18(6-5-14)17-11(12)3/h7,9,15H,4-6,8H2,1-3H3. The van der Waals surface area contributed by atoms with Crippen LogP contribution in [0.4, 0.5) is 10.1 Å². The molecular formula is C13H20FN5. The number of rotatable bonds is 6. The van der Waals surface area contributed by atoms with Gasteiger partial charge in [-0.2, -0.15) is 10.2 Å². The summed E-state index contributed by atoms with van der Waals surface area (Å²) in [5, 5.41) is 11.9. The summed E-state index contributed by atoms with van der Waals surface area (Å²) < 4.78 is 15.9. The van der Waals surface area contributed by atoms with Crippen LogP contribution in [0.25, 0.3) is 0 Å². The number of nitrogens with zero attached hydrogens (tertiary/aromatic N) is 4. The monoisotopic (exact) mass is 265 g/mol. The average Bonchev–Trinajstić information content (AvgIpc) is 2.91. The molecule has 0 aliphatic rings. The number of hydrogen-bond donors (Lipinski definition) is 1. The fourth-order valence-electron chi connectivity index (χ4n) is 2.08. The highest BCUT2D eigenvalue weighted by Gasteiger charge is 2.08. The third-order valence-corrected chi connectivity index (χ3v) is 3.16. The van der Waals surface area contributed by atoms with Gasteiger partial charge in [-0.15, -0.1) is 0 Å². The lowest BCUT2D eigenvalue weighted by Gasteiger charge is -2.08. The Morgan fingerprint density at radius 3 is 2.84 bits per heavy atom. The molecule has 19 heavy (non-hydrogen) atoms. The molecule has 0 bridgehead atoms. The van der Waals surface area contributed by atoms with Crippen molar-refractivity contribution in [1.82, 2.24) is 19.6 Å². The fraction of sp³-hybridized carbons (Fsp3) is 0.538. The summed E-state index contributed by atoms with van der Waals surface area (Å²) in [6.45, 7) is 7.49. The van der Waals surface area contributed by atoms with Gasteiger partial charge in [-0.1, -0.05) is 0 Å². The van der Waals surface area contributed by atoms with E-state index in [1.807, 2.05) is 24.0 Å². The molecule has 6 heteroatoms. The van der Waals surface area contributed by atoms with Crippen molar-refractivity contribution < 1.29 is 4.39 Å². The highest BCUT2D eigenvalue weighted by Crippen LogP contribution is 2.15. The minimum Gasteiger partial charge on any atom is -0.377 e. The molecule has 2 rings (SSSR count). The van der Waals surface area contributed by atoms with Gasteiger partial charge < -0.3 is 5.32 Å². The van der Waals surface area contributed by atoms with E-state index in [-0.39, 0.29) is 0 Å². The molecule has 1 N–H and O–H groups in total. The molecule has 2 aromatic rings. The van der Waals surface area contributed by atoms with Gasteiger partial charge in [0.25, 0.3) is 0 Å². The highest BCUT2D eigenvalue weighted by atomic mass is 19.1. The van der Waals surface area contributed by atoms with Crippen molar-refractivity contribution in [2.45, 2.75) is 40.4 Å². The largest absolute Gasteiger partial charge is 0.377 e. The number of halogens is 1. The molecule has 0 aliphatic heterocycles. The molecule has 5 nitrogen and oxygen atoms in total. The number of aromatic nitrogens is 4. The van der Waals surface area contributed by atoms with Gasteiger partial charge in [0.2, 0.25) is 0 Å². The van der Waals surface area contributed by atoms with Gasteiger partial charge in [0.1, 0.15) is 6.67 Å². The van der Waals surface area contributed by atoms with E-state index in [9.17, 15) is 4.39 Å². The van der Waals surface area contributed by atoms with Gasteiger partial charge in [-0.25, -0.2) is 4.39 Å². The number of nitrogens with one attached hydrogen (secondary N) is 1. The SMILES string of the molecule is CCn1ncc(C)c1CNc1cn(CCF)nc1C. The van der Waals surface area contributed by atoms with Gasteiger partial charge in [0.15, 0.2) is 0 Å². The van der Waals surface area contributed by atoms with Gasteiger partial charge in [0, 0.05) is 12.7 Å². The number of hydrogen-bond acceptors (Lipinski definition) is 3. The minimum absolute atomic E-state index is 0.300. The summed E-state index contributed by atoms with van der Waals surface area (Å²) in [7, 11) is 0. The van der Waals surface area contributed by atoms with E-state index in [1.165, 1.54) is 11.3 Å². The molecule has 0 aromatic carbocycles. The van der Waals surface area contributed by atoms with Crippen molar-refractivity contribution in [3.63, 3.8) is 0 Å². The minimum atomic E-state index is -0.401. The predicted octanol–water partition coefficient (Wildman–Crippen LogP) is 2.30. The Balaban J connectivity index is 2.07. The first-order chi connectivity index (χ1) is 9.15.